The normalized spacial score (nSPS) is 20.1. The second-order valence-corrected chi connectivity index (χ2v) is 7.65. The van der Waals surface area contributed by atoms with Crippen LogP contribution >= 0.6 is 0 Å². The van der Waals surface area contributed by atoms with Crippen molar-refractivity contribution in [3.05, 3.63) is 47.5 Å². The average Bonchev–Trinajstić information content (AvgIpc) is 2.96. The molecule has 5 nitrogen and oxygen atoms in total. The number of likely N-dealkylation sites (tertiary alicyclic amines) is 1. The number of fused-ring (bicyclic) bond motifs is 1. The van der Waals surface area contributed by atoms with E-state index >= 15 is 0 Å². The van der Waals surface area contributed by atoms with E-state index in [1.807, 2.05) is 29.2 Å². The Labute approximate surface area is 160 Å². The highest BCUT2D eigenvalue weighted by molar-refractivity contribution is 5.80. The third kappa shape index (κ3) is 3.52. The van der Waals surface area contributed by atoms with Crippen molar-refractivity contribution in [2.45, 2.75) is 19.9 Å². The maximum Gasteiger partial charge on any atom is 0.227 e. The molecule has 0 bridgehead atoms. The monoisotopic (exact) mass is 366 g/mol. The van der Waals surface area contributed by atoms with Crippen LogP contribution in [0.5, 0.6) is 11.5 Å². The lowest BCUT2D eigenvalue weighted by Gasteiger charge is -2.23. The number of ether oxygens (including phenoxy) is 1. The van der Waals surface area contributed by atoms with Gasteiger partial charge in [0.05, 0.1) is 12.5 Å². The second-order valence-electron chi connectivity index (χ2n) is 7.65. The highest BCUT2D eigenvalue weighted by atomic mass is 16.5. The van der Waals surface area contributed by atoms with E-state index in [9.17, 15) is 9.90 Å². The number of carbonyl (C=O) groups excluding carboxylic acids is 1. The first-order chi connectivity index (χ1) is 13.0. The minimum Gasteiger partial charge on any atom is -0.504 e. The highest BCUT2D eigenvalue weighted by Gasteiger charge is 2.31. The molecule has 0 aliphatic carbocycles. The zero-order chi connectivity index (χ0) is 19.0. The summed E-state index contributed by atoms with van der Waals surface area (Å²) in [5.74, 6) is 0.896. The van der Waals surface area contributed by atoms with Gasteiger partial charge in [0.25, 0.3) is 0 Å². The lowest BCUT2D eigenvalue weighted by atomic mass is 9.97. The third-order valence-electron chi connectivity index (χ3n) is 5.62. The zero-order valence-corrected chi connectivity index (χ0v) is 15.9. The summed E-state index contributed by atoms with van der Waals surface area (Å²) in [5, 5.41) is 10.6. The number of nitrogens with zero attached hydrogens (tertiary/aromatic N) is 2. The number of aromatic hydroxyl groups is 1. The van der Waals surface area contributed by atoms with Gasteiger partial charge in [-0.25, -0.2) is 0 Å². The first-order valence-electron chi connectivity index (χ1n) is 9.55. The fourth-order valence-corrected chi connectivity index (χ4v) is 4.13. The molecule has 5 heteroatoms. The third-order valence-corrected chi connectivity index (χ3v) is 5.62. The SMILES string of the molecule is Cc1ccccc1-c1cc(O)c2c(c1)CN(C(=O)C1CCN(C)C1)CCO2. The van der Waals surface area contributed by atoms with Gasteiger partial charge in [0.1, 0.15) is 6.61 Å². The molecule has 1 N–H and O–H groups in total. The van der Waals surface area contributed by atoms with Gasteiger partial charge in [-0.15, -0.1) is 0 Å². The van der Waals surface area contributed by atoms with Gasteiger partial charge in [-0.1, -0.05) is 24.3 Å². The van der Waals surface area contributed by atoms with E-state index in [1.165, 1.54) is 0 Å². The Morgan fingerprint density at radius 2 is 2.04 bits per heavy atom. The van der Waals surface area contributed by atoms with Crippen LogP contribution in [0, 0.1) is 12.8 Å². The van der Waals surface area contributed by atoms with Crippen LogP contribution in [0.3, 0.4) is 0 Å². The van der Waals surface area contributed by atoms with Crippen molar-refractivity contribution in [3.8, 4) is 22.6 Å². The summed E-state index contributed by atoms with van der Waals surface area (Å²) in [6, 6.07) is 11.9. The molecule has 2 aliphatic rings. The molecule has 1 saturated heterocycles. The minimum absolute atomic E-state index is 0.0599. The molecule has 0 saturated carbocycles. The number of hydrogen-bond donors (Lipinski definition) is 1. The first kappa shape index (κ1) is 17.9. The Bertz CT molecular complexity index is 865. The molecule has 0 radical (unpaired) electrons. The van der Waals surface area contributed by atoms with Crippen molar-refractivity contribution in [1.82, 2.24) is 9.80 Å². The molecule has 1 amide bonds. The van der Waals surface area contributed by atoms with Crippen LogP contribution in [-0.4, -0.2) is 54.1 Å². The predicted octanol–water partition coefficient (Wildman–Crippen LogP) is 3.04. The molecule has 2 aromatic carbocycles. The Morgan fingerprint density at radius 3 is 2.78 bits per heavy atom. The Balaban J connectivity index is 1.65. The van der Waals surface area contributed by atoms with Gasteiger partial charge in [0, 0.05) is 18.7 Å². The molecule has 2 aliphatic heterocycles. The van der Waals surface area contributed by atoms with Gasteiger partial charge in [-0.05, 0) is 55.8 Å². The number of carbonyl (C=O) groups is 1. The van der Waals surface area contributed by atoms with Crippen LogP contribution in [0.2, 0.25) is 0 Å². The Hall–Kier alpha value is -2.53. The van der Waals surface area contributed by atoms with E-state index in [0.717, 1.165) is 41.8 Å². The average molecular weight is 366 g/mol. The summed E-state index contributed by atoms with van der Waals surface area (Å²) in [4.78, 5) is 17.1. The number of rotatable bonds is 2. The summed E-state index contributed by atoms with van der Waals surface area (Å²) in [5.41, 5.74) is 4.04. The lowest BCUT2D eigenvalue weighted by Crippen LogP contribution is -2.38. The smallest absolute Gasteiger partial charge is 0.227 e. The molecule has 1 fully saturated rings. The summed E-state index contributed by atoms with van der Waals surface area (Å²) >= 11 is 0. The molecule has 4 rings (SSSR count). The van der Waals surface area contributed by atoms with Crippen LogP contribution in [0.15, 0.2) is 36.4 Å². The van der Waals surface area contributed by atoms with Crippen LogP contribution < -0.4 is 4.74 Å². The Kier molecular flexibility index (Phi) is 4.79. The molecule has 2 heterocycles. The summed E-state index contributed by atoms with van der Waals surface area (Å²) < 4.78 is 5.81. The largest absolute Gasteiger partial charge is 0.504 e. The van der Waals surface area contributed by atoms with E-state index < -0.39 is 0 Å². The van der Waals surface area contributed by atoms with E-state index in [-0.39, 0.29) is 17.6 Å². The number of aryl methyl sites for hydroxylation is 1. The summed E-state index contributed by atoms with van der Waals surface area (Å²) in [6.07, 6.45) is 0.911. The van der Waals surface area contributed by atoms with E-state index in [1.54, 1.807) is 6.07 Å². The van der Waals surface area contributed by atoms with Gasteiger partial charge < -0.3 is 19.6 Å². The van der Waals surface area contributed by atoms with Crippen LogP contribution in [-0.2, 0) is 11.3 Å². The van der Waals surface area contributed by atoms with Crippen LogP contribution in [0.1, 0.15) is 17.5 Å². The second kappa shape index (κ2) is 7.24. The number of hydrogen-bond acceptors (Lipinski definition) is 4. The van der Waals surface area contributed by atoms with Gasteiger partial charge in [-0.2, -0.15) is 0 Å². The molecule has 2 aromatic rings. The van der Waals surface area contributed by atoms with E-state index in [2.05, 4.69) is 24.9 Å². The van der Waals surface area contributed by atoms with Gasteiger partial charge in [0.2, 0.25) is 5.91 Å². The number of amides is 1. The van der Waals surface area contributed by atoms with Crippen molar-refractivity contribution < 1.29 is 14.6 Å². The topological polar surface area (TPSA) is 53.0 Å². The predicted molar refractivity (Wildman–Crippen MR) is 105 cm³/mol. The number of phenols is 1. The van der Waals surface area contributed by atoms with Crippen molar-refractivity contribution in [3.63, 3.8) is 0 Å². The lowest BCUT2D eigenvalue weighted by molar-refractivity contribution is -0.135. The molecule has 0 spiro atoms. The summed E-state index contributed by atoms with van der Waals surface area (Å²) in [7, 11) is 2.06. The molecule has 142 valence electrons. The molecule has 1 unspecified atom stereocenters. The minimum atomic E-state index is 0.0599. The van der Waals surface area contributed by atoms with Crippen molar-refractivity contribution in [2.75, 3.05) is 33.3 Å². The fourth-order valence-electron chi connectivity index (χ4n) is 4.13. The Morgan fingerprint density at radius 1 is 1.22 bits per heavy atom. The van der Waals surface area contributed by atoms with Crippen LogP contribution in [0.4, 0.5) is 0 Å². The number of benzene rings is 2. The van der Waals surface area contributed by atoms with Gasteiger partial charge >= 0.3 is 0 Å². The zero-order valence-electron chi connectivity index (χ0n) is 15.9. The van der Waals surface area contributed by atoms with Crippen molar-refractivity contribution >= 4 is 5.91 Å². The van der Waals surface area contributed by atoms with Crippen molar-refractivity contribution in [2.24, 2.45) is 5.92 Å². The molecular weight excluding hydrogens is 340 g/mol. The van der Waals surface area contributed by atoms with E-state index in [0.29, 0.717) is 25.4 Å². The fraction of sp³-hybridized carbons (Fsp3) is 0.409. The highest BCUT2D eigenvalue weighted by Crippen LogP contribution is 2.38. The van der Waals surface area contributed by atoms with Crippen LogP contribution in [0.25, 0.3) is 11.1 Å². The maximum atomic E-state index is 13.0. The first-order valence-corrected chi connectivity index (χ1v) is 9.55. The maximum absolute atomic E-state index is 13.0. The van der Waals surface area contributed by atoms with Crippen molar-refractivity contribution in [1.29, 1.82) is 0 Å². The molecule has 27 heavy (non-hydrogen) atoms. The quantitative estimate of drug-likeness (QED) is 0.888. The molecule has 1 atom stereocenters. The molecular formula is C22H26N2O3. The standard InChI is InChI=1S/C22H26N2O3/c1-15-5-3-4-6-19(15)17-11-18-14-24(9-10-27-21(18)20(25)12-17)22(26)16-7-8-23(2)13-16/h3-6,11-12,16,25H,7-10,13-14H2,1-2H3. The summed E-state index contributed by atoms with van der Waals surface area (Å²) in [6.45, 7) is 5.27. The van der Waals surface area contributed by atoms with Gasteiger partial charge in [-0.3, -0.25) is 4.79 Å². The number of phenolic OH excluding ortho intramolecular Hbond substituents is 1. The van der Waals surface area contributed by atoms with E-state index in [4.69, 9.17) is 4.74 Å². The molecule has 0 aromatic heterocycles. The van der Waals surface area contributed by atoms with Gasteiger partial charge in [0.15, 0.2) is 11.5 Å².